The number of hydrogen-bond acceptors (Lipinski definition) is 4. The van der Waals surface area contributed by atoms with Crippen LogP contribution in [-0.2, 0) is 9.53 Å². The van der Waals surface area contributed by atoms with Crippen molar-refractivity contribution in [1.29, 1.82) is 0 Å². The van der Waals surface area contributed by atoms with Crippen molar-refractivity contribution in [2.45, 2.75) is 31.8 Å². The molecular weight excluding hydrogens is 366 g/mol. The maximum Gasteiger partial charge on any atom is 0.256 e. The van der Waals surface area contributed by atoms with Crippen molar-refractivity contribution in [3.05, 3.63) is 28.8 Å². The number of amides is 2. The zero-order valence-corrected chi connectivity index (χ0v) is 16.3. The number of carbonyl (C=O) groups is 2. The standard InChI is InChI=1S/C20H26ClN3O3/c21-15-5-6-17(18(13-15)24-7-1-4-19(24)25)20(26)23-10-8-22(9-11-23)14-16-3-2-12-27-16/h5-6,13,16H,1-4,7-12,14H2. The Morgan fingerprint density at radius 1 is 1.15 bits per heavy atom. The average Bonchev–Trinajstić information content (AvgIpc) is 3.33. The predicted octanol–water partition coefficient (Wildman–Crippen LogP) is 2.40. The minimum Gasteiger partial charge on any atom is -0.377 e. The highest BCUT2D eigenvalue weighted by atomic mass is 35.5. The van der Waals surface area contributed by atoms with E-state index >= 15 is 0 Å². The van der Waals surface area contributed by atoms with Gasteiger partial charge in [0.2, 0.25) is 5.91 Å². The molecule has 0 radical (unpaired) electrons. The topological polar surface area (TPSA) is 53.1 Å². The van der Waals surface area contributed by atoms with Crippen molar-refractivity contribution in [1.82, 2.24) is 9.80 Å². The van der Waals surface area contributed by atoms with Gasteiger partial charge in [-0.1, -0.05) is 11.6 Å². The van der Waals surface area contributed by atoms with Gasteiger partial charge in [-0.25, -0.2) is 0 Å². The molecule has 0 bridgehead atoms. The summed E-state index contributed by atoms with van der Waals surface area (Å²) in [6.45, 7) is 5.58. The Kier molecular flexibility index (Phi) is 5.66. The number of hydrogen-bond donors (Lipinski definition) is 0. The largest absolute Gasteiger partial charge is 0.377 e. The molecule has 146 valence electrons. The second-order valence-corrected chi connectivity index (χ2v) is 7.97. The molecule has 0 saturated carbocycles. The maximum atomic E-state index is 13.1. The van der Waals surface area contributed by atoms with Crippen LogP contribution in [0.3, 0.4) is 0 Å². The summed E-state index contributed by atoms with van der Waals surface area (Å²) in [6.07, 6.45) is 3.98. The number of halogens is 1. The highest BCUT2D eigenvalue weighted by Gasteiger charge is 2.30. The van der Waals surface area contributed by atoms with E-state index < -0.39 is 0 Å². The molecule has 1 aromatic rings. The van der Waals surface area contributed by atoms with Crippen LogP contribution in [0.25, 0.3) is 0 Å². The minimum atomic E-state index is -0.0156. The molecule has 4 rings (SSSR count). The number of carbonyl (C=O) groups excluding carboxylic acids is 2. The lowest BCUT2D eigenvalue weighted by Gasteiger charge is -2.36. The van der Waals surface area contributed by atoms with E-state index in [2.05, 4.69) is 4.90 Å². The molecule has 27 heavy (non-hydrogen) atoms. The highest BCUT2D eigenvalue weighted by molar-refractivity contribution is 6.31. The lowest BCUT2D eigenvalue weighted by Crippen LogP contribution is -2.50. The SMILES string of the molecule is O=C(c1ccc(Cl)cc1N1CCCC1=O)N1CCN(CC2CCCO2)CC1. The van der Waals surface area contributed by atoms with E-state index in [1.807, 2.05) is 4.90 Å². The first-order valence-electron chi connectivity index (χ1n) is 9.85. The molecule has 6 nitrogen and oxygen atoms in total. The van der Waals surface area contributed by atoms with E-state index in [0.717, 1.165) is 45.5 Å². The lowest BCUT2D eigenvalue weighted by atomic mass is 10.1. The molecule has 2 amide bonds. The Hall–Kier alpha value is -1.63. The van der Waals surface area contributed by atoms with Crippen LogP contribution in [0, 0.1) is 0 Å². The normalized spacial score (nSPS) is 24.0. The van der Waals surface area contributed by atoms with Crippen molar-refractivity contribution < 1.29 is 14.3 Å². The van der Waals surface area contributed by atoms with Gasteiger partial charge in [0.1, 0.15) is 0 Å². The number of rotatable bonds is 4. The molecule has 0 aromatic heterocycles. The second kappa shape index (κ2) is 8.17. The fourth-order valence-corrected chi connectivity index (χ4v) is 4.36. The highest BCUT2D eigenvalue weighted by Crippen LogP contribution is 2.30. The first-order chi connectivity index (χ1) is 13.1. The van der Waals surface area contributed by atoms with Crippen LogP contribution in [-0.4, -0.2) is 73.6 Å². The summed E-state index contributed by atoms with van der Waals surface area (Å²) in [7, 11) is 0. The van der Waals surface area contributed by atoms with Gasteiger partial charge in [-0.3, -0.25) is 14.5 Å². The number of anilines is 1. The van der Waals surface area contributed by atoms with Gasteiger partial charge < -0.3 is 14.5 Å². The van der Waals surface area contributed by atoms with Crippen molar-refractivity contribution in [3.8, 4) is 0 Å². The third kappa shape index (κ3) is 4.13. The second-order valence-electron chi connectivity index (χ2n) is 7.54. The van der Waals surface area contributed by atoms with Gasteiger partial charge in [-0.15, -0.1) is 0 Å². The van der Waals surface area contributed by atoms with Crippen LogP contribution in [0.15, 0.2) is 18.2 Å². The molecule has 3 aliphatic heterocycles. The van der Waals surface area contributed by atoms with Crippen molar-refractivity contribution >= 4 is 29.1 Å². The fraction of sp³-hybridized carbons (Fsp3) is 0.600. The van der Waals surface area contributed by atoms with Crippen LogP contribution in [0.5, 0.6) is 0 Å². The van der Waals surface area contributed by atoms with Crippen molar-refractivity contribution in [3.63, 3.8) is 0 Å². The molecule has 3 heterocycles. The smallest absolute Gasteiger partial charge is 0.256 e. The van der Waals surface area contributed by atoms with Gasteiger partial charge in [0.05, 0.1) is 17.4 Å². The quantitative estimate of drug-likeness (QED) is 0.790. The molecular formula is C20H26ClN3O3. The molecule has 7 heteroatoms. The van der Waals surface area contributed by atoms with Crippen molar-refractivity contribution in [2.75, 3.05) is 50.8 Å². The van der Waals surface area contributed by atoms with E-state index in [4.69, 9.17) is 16.3 Å². The summed E-state index contributed by atoms with van der Waals surface area (Å²) in [5, 5.41) is 0.544. The summed E-state index contributed by atoms with van der Waals surface area (Å²) < 4.78 is 5.72. The van der Waals surface area contributed by atoms with E-state index in [1.54, 1.807) is 23.1 Å². The monoisotopic (exact) mass is 391 g/mol. The number of piperazine rings is 1. The Morgan fingerprint density at radius 2 is 1.96 bits per heavy atom. The van der Waals surface area contributed by atoms with Gasteiger partial charge in [0.25, 0.3) is 5.91 Å². The third-order valence-corrected chi connectivity index (χ3v) is 5.93. The Morgan fingerprint density at radius 3 is 2.63 bits per heavy atom. The van der Waals surface area contributed by atoms with Crippen LogP contribution < -0.4 is 4.90 Å². The lowest BCUT2D eigenvalue weighted by molar-refractivity contribution is -0.117. The Bertz CT molecular complexity index is 712. The minimum absolute atomic E-state index is 0.0156. The van der Waals surface area contributed by atoms with Crippen LogP contribution in [0.4, 0.5) is 5.69 Å². The summed E-state index contributed by atoms with van der Waals surface area (Å²) in [5.74, 6) is 0.0471. The summed E-state index contributed by atoms with van der Waals surface area (Å²) in [4.78, 5) is 31.3. The van der Waals surface area contributed by atoms with Gasteiger partial charge in [-0.05, 0) is 37.5 Å². The van der Waals surface area contributed by atoms with E-state index in [9.17, 15) is 9.59 Å². The Balaban J connectivity index is 1.43. The van der Waals surface area contributed by atoms with E-state index in [0.29, 0.717) is 48.4 Å². The van der Waals surface area contributed by atoms with Crippen molar-refractivity contribution in [2.24, 2.45) is 0 Å². The molecule has 0 N–H and O–H groups in total. The zero-order chi connectivity index (χ0) is 18.8. The molecule has 1 atom stereocenters. The average molecular weight is 392 g/mol. The van der Waals surface area contributed by atoms with E-state index in [-0.39, 0.29) is 11.8 Å². The number of ether oxygens (including phenoxy) is 1. The predicted molar refractivity (Wildman–Crippen MR) is 104 cm³/mol. The first kappa shape index (κ1) is 18.7. The van der Waals surface area contributed by atoms with Crippen LogP contribution >= 0.6 is 11.6 Å². The van der Waals surface area contributed by atoms with E-state index in [1.165, 1.54) is 0 Å². The summed E-state index contributed by atoms with van der Waals surface area (Å²) in [5.41, 5.74) is 1.22. The number of nitrogens with zero attached hydrogens (tertiary/aromatic N) is 3. The molecule has 3 aliphatic rings. The maximum absolute atomic E-state index is 13.1. The molecule has 1 unspecified atom stereocenters. The van der Waals surface area contributed by atoms with Gasteiger partial charge in [0.15, 0.2) is 0 Å². The fourth-order valence-electron chi connectivity index (χ4n) is 4.19. The molecule has 0 spiro atoms. The van der Waals surface area contributed by atoms with Crippen LogP contribution in [0.2, 0.25) is 5.02 Å². The van der Waals surface area contributed by atoms with Gasteiger partial charge in [0, 0.05) is 57.3 Å². The van der Waals surface area contributed by atoms with Crippen LogP contribution in [0.1, 0.15) is 36.0 Å². The molecule has 0 aliphatic carbocycles. The first-order valence-corrected chi connectivity index (χ1v) is 10.2. The van der Waals surface area contributed by atoms with Gasteiger partial charge >= 0.3 is 0 Å². The Labute approximate surface area is 165 Å². The van der Waals surface area contributed by atoms with Gasteiger partial charge in [-0.2, -0.15) is 0 Å². The zero-order valence-electron chi connectivity index (χ0n) is 15.5. The third-order valence-electron chi connectivity index (χ3n) is 5.70. The summed E-state index contributed by atoms with van der Waals surface area (Å²) >= 11 is 6.15. The molecule has 3 fully saturated rings. The summed E-state index contributed by atoms with van der Waals surface area (Å²) in [6, 6.07) is 5.22. The molecule has 1 aromatic carbocycles. The molecule has 3 saturated heterocycles. The number of benzene rings is 1.